The molecular formula is C23H29N3O2. The van der Waals surface area contributed by atoms with Crippen molar-refractivity contribution in [3.05, 3.63) is 58.9 Å². The maximum absolute atomic E-state index is 12.4. The number of nitrogens with zero attached hydrogens (tertiary/aromatic N) is 2. The van der Waals surface area contributed by atoms with Crippen LogP contribution in [0.1, 0.15) is 35.9 Å². The third-order valence-electron chi connectivity index (χ3n) is 5.18. The number of fused-ring (bicyclic) bond motifs is 1. The molecule has 0 saturated heterocycles. The van der Waals surface area contributed by atoms with Gasteiger partial charge in [0.05, 0.1) is 11.0 Å². The fourth-order valence-electron chi connectivity index (χ4n) is 3.26. The SMILES string of the molecule is CCCc1cccc2[nH]c(CCN(C)C(=O)COc3cccc(C)c3C)nc12. The molecule has 1 amide bonds. The molecule has 0 fully saturated rings. The van der Waals surface area contributed by atoms with E-state index in [4.69, 9.17) is 9.72 Å². The topological polar surface area (TPSA) is 58.2 Å². The number of carbonyl (C=O) groups excluding carboxylic acids is 1. The first kappa shape index (κ1) is 19.9. The highest BCUT2D eigenvalue weighted by Gasteiger charge is 2.13. The Morgan fingerprint density at radius 3 is 2.71 bits per heavy atom. The number of benzene rings is 2. The van der Waals surface area contributed by atoms with Gasteiger partial charge in [0.2, 0.25) is 0 Å². The monoisotopic (exact) mass is 379 g/mol. The molecule has 0 aliphatic rings. The van der Waals surface area contributed by atoms with Gasteiger partial charge < -0.3 is 14.6 Å². The van der Waals surface area contributed by atoms with E-state index in [-0.39, 0.29) is 12.5 Å². The second-order valence-corrected chi connectivity index (χ2v) is 7.30. The maximum atomic E-state index is 12.4. The second kappa shape index (κ2) is 8.91. The maximum Gasteiger partial charge on any atom is 0.260 e. The molecule has 0 unspecified atom stereocenters. The van der Waals surface area contributed by atoms with Crippen LogP contribution in [0.15, 0.2) is 36.4 Å². The number of likely N-dealkylation sites (N-methyl/N-ethyl adjacent to an activating group) is 1. The van der Waals surface area contributed by atoms with Crippen LogP contribution in [0.25, 0.3) is 11.0 Å². The number of aromatic amines is 1. The molecule has 28 heavy (non-hydrogen) atoms. The van der Waals surface area contributed by atoms with Gasteiger partial charge in [0, 0.05) is 20.0 Å². The fourth-order valence-corrected chi connectivity index (χ4v) is 3.26. The van der Waals surface area contributed by atoms with Gasteiger partial charge in [-0.05, 0) is 49.1 Å². The van der Waals surface area contributed by atoms with Gasteiger partial charge in [0.25, 0.3) is 5.91 Å². The number of amides is 1. The van der Waals surface area contributed by atoms with Gasteiger partial charge in [0.1, 0.15) is 11.6 Å². The van der Waals surface area contributed by atoms with Crippen LogP contribution < -0.4 is 4.74 Å². The Kier molecular flexibility index (Phi) is 6.34. The minimum absolute atomic E-state index is 0.0383. The van der Waals surface area contributed by atoms with Crippen LogP contribution in [0, 0.1) is 13.8 Å². The van der Waals surface area contributed by atoms with Crippen molar-refractivity contribution in [2.45, 2.75) is 40.0 Å². The van der Waals surface area contributed by atoms with Crippen molar-refractivity contribution >= 4 is 16.9 Å². The normalized spacial score (nSPS) is 11.0. The Balaban J connectivity index is 1.56. The van der Waals surface area contributed by atoms with E-state index >= 15 is 0 Å². The number of imidazole rings is 1. The first-order valence-electron chi connectivity index (χ1n) is 9.89. The summed E-state index contributed by atoms with van der Waals surface area (Å²) in [6.07, 6.45) is 2.81. The summed E-state index contributed by atoms with van der Waals surface area (Å²) in [6, 6.07) is 12.1. The summed E-state index contributed by atoms with van der Waals surface area (Å²) in [5.74, 6) is 1.64. The Bertz CT molecular complexity index is 962. The Labute approximate surface area is 166 Å². The Morgan fingerprint density at radius 2 is 1.93 bits per heavy atom. The van der Waals surface area contributed by atoms with Crippen LogP contribution in [0.3, 0.4) is 0 Å². The molecule has 1 heterocycles. The quantitative estimate of drug-likeness (QED) is 0.638. The molecule has 1 aromatic heterocycles. The van der Waals surface area contributed by atoms with Crippen LogP contribution in [0.4, 0.5) is 0 Å². The molecule has 3 rings (SSSR count). The first-order chi connectivity index (χ1) is 13.5. The van der Waals surface area contributed by atoms with Crippen molar-refractivity contribution in [3.8, 4) is 5.75 Å². The van der Waals surface area contributed by atoms with Crippen molar-refractivity contribution in [2.75, 3.05) is 20.2 Å². The van der Waals surface area contributed by atoms with E-state index < -0.39 is 0 Å². The van der Waals surface area contributed by atoms with Gasteiger partial charge in [-0.2, -0.15) is 0 Å². The summed E-state index contributed by atoms with van der Waals surface area (Å²) >= 11 is 0. The van der Waals surface area contributed by atoms with Crippen LogP contribution in [0.2, 0.25) is 0 Å². The fraction of sp³-hybridized carbons (Fsp3) is 0.391. The molecule has 0 spiro atoms. The van der Waals surface area contributed by atoms with Crippen molar-refractivity contribution in [3.63, 3.8) is 0 Å². The van der Waals surface area contributed by atoms with Crippen LogP contribution >= 0.6 is 0 Å². The lowest BCUT2D eigenvalue weighted by atomic mass is 10.1. The predicted octanol–water partition coefficient (Wildman–Crippen LogP) is 4.21. The van der Waals surface area contributed by atoms with Crippen molar-refractivity contribution < 1.29 is 9.53 Å². The van der Waals surface area contributed by atoms with Crippen molar-refractivity contribution in [2.24, 2.45) is 0 Å². The van der Waals surface area contributed by atoms with Crippen molar-refractivity contribution in [1.29, 1.82) is 0 Å². The molecule has 0 aliphatic carbocycles. The molecule has 0 radical (unpaired) electrons. The average molecular weight is 380 g/mol. The third kappa shape index (κ3) is 4.53. The number of carbonyl (C=O) groups is 1. The molecular weight excluding hydrogens is 350 g/mol. The molecule has 1 N–H and O–H groups in total. The van der Waals surface area contributed by atoms with Crippen molar-refractivity contribution in [1.82, 2.24) is 14.9 Å². The van der Waals surface area contributed by atoms with Crippen LogP contribution in [-0.2, 0) is 17.6 Å². The zero-order chi connectivity index (χ0) is 20.1. The Hall–Kier alpha value is -2.82. The number of rotatable bonds is 8. The lowest BCUT2D eigenvalue weighted by Crippen LogP contribution is -2.33. The number of H-pyrrole nitrogens is 1. The summed E-state index contributed by atoms with van der Waals surface area (Å²) in [5.41, 5.74) is 5.61. The summed E-state index contributed by atoms with van der Waals surface area (Å²) in [7, 11) is 1.81. The number of hydrogen-bond donors (Lipinski definition) is 1. The molecule has 5 heteroatoms. The molecule has 3 aromatic rings. The molecule has 0 saturated carbocycles. The van der Waals surface area contributed by atoms with Gasteiger partial charge in [-0.1, -0.05) is 37.6 Å². The number of nitrogens with one attached hydrogen (secondary N) is 1. The van der Waals surface area contributed by atoms with E-state index in [0.29, 0.717) is 13.0 Å². The molecule has 5 nitrogen and oxygen atoms in total. The third-order valence-corrected chi connectivity index (χ3v) is 5.18. The summed E-state index contributed by atoms with van der Waals surface area (Å²) in [4.78, 5) is 22.2. The molecule has 0 aliphatic heterocycles. The number of ether oxygens (including phenoxy) is 1. The minimum atomic E-state index is -0.0383. The highest BCUT2D eigenvalue weighted by molar-refractivity contribution is 5.79. The van der Waals surface area contributed by atoms with Crippen LogP contribution in [0.5, 0.6) is 5.75 Å². The average Bonchev–Trinajstić information content (AvgIpc) is 3.11. The standard InChI is InChI=1S/C23H29N3O2/c1-5-8-18-10-7-11-19-23(18)25-21(24-19)13-14-26(4)22(27)15-28-20-12-6-9-16(2)17(20)3/h6-7,9-12H,5,8,13-15H2,1-4H3,(H,24,25). The summed E-state index contributed by atoms with van der Waals surface area (Å²) in [5, 5.41) is 0. The minimum Gasteiger partial charge on any atom is -0.483 e. The molecule has 2 aromatic carbocycles. The van der Waals surface area contributed by atoms with E-state index in [2.05, 4.69) is 30.1 Å². The highest BCUT2D eigenvalue weighted by Crippen LogP contribution is 2.21. The largest absolute Gasteiger partial charge is 0.483 e. The van der Waals surface area contributed by atoms with Gasteiger partial charge >= 0.3 is 0 Å². The predicted molar refractivity (Wildman–Crippen MR) is 113 cm³/mol. The first-order valence-corrected chi connectivity index (χ1v) is 9.89. The number of aryl methyl sites for hydroxylation is 2. The van der Waals surface area contributed by atoms with Gasteiger partial charge in [-0.25, -0.2) is 4.98 Å². The smallest absolute Gasteiger partial charge is 0.260 e. The molecule has 148 valence electrons. The zero-order valence-corrected chi connectivity index (χ0v) is 17.2. The van der Waals surface area contributed by atoms with E-state index in [1.165, 1.54) is 5.56 Å². The van der Waals surface area contributed by atoms with Gasteiger partial charge in [-0.15, -0.1) is 0 Å². The number of aromatic nitrogens is 2. The summed E-state index contributed by atoms with van der Waals surface area (Å²) < 4.78 is 5.73. The Morgan fingerprint density at radius 1 is 1.14 bits per heavy atom. The second-order valence-electron chi connectivity index (χ2n) is 7.30. The lowest BCUT2D eigenvalue weighted by Gasteiger charge is -2.17. The van der Waals surface area contributed by atoms with E-state index in [9.17, 15) is 4.79 Å². The lowest BCUT2D eigenvalue weighted by molar-refractivity contribution is -0.132. The summed E-state index contributed by atoms with van der Waals surface area (Å²) in [6.45, 7) is 6.86. The molecule has 0 bridgehead atoms. The zero-order valence-electron chi connectivity index (χ0n) is 17.2. The van der Waals surface area contributed by atoms with Gasteiger partial charge in [0.15, 0.2) is 6.61 Å². The number of para-hydroxylation sites is 1. The van der Waals surface area contributed by atoms with E-state index in [1.807, 2.05) is 32.0 Å². The van der Waals surface area contributed by atoms with Crippen LogP contribution in [-0.4, -0.2) is 41.0 Å². The number of hydrogen-bond acceptors (Lipinski definition) is 3. The van der Waals surface area contributed by atoms with E-state index in [1.54, 1.807) is 11.9 Å². The van der Waals surface area contributed by atoms with E-state index in [0.717, 1.165) is 46.6 Å². The highest BCUT2D eigenvalue weighted by atomic mass is 16.5. The van der Waals surface area contributed by atoms with Gasteiger partial charge in [-0.3, -0.25) is 4.79 Å². The molecule has 0 atom stereocenters.